The van der Waals surface area contributed by atoms with Gasteiger partial charge >= 0.3 is 0 Å². The number of carbonyl (C=O) groups excluding carboxylic acids is 2. The number of nitrogens with one attached hydrogen (secondary N) is 3. The Morgan fingerprint density at radius 1 is 1.08 bits per heavy atom. The van der Waals surface area contributed by atoms with Crippen LogP contribution in [0, 0.1) is 0 Å². The van der Waals surface area contributed by atoms with Crippen molar-refractivity contribution >= 4 is 29.1 Å². The van der Waals surface area contributed by atoms with E-state index in [-0.39, 0.29) is 24.4 Å². The second-order valence-corrected chi connectivity index (χ2v) is 6.51. The summed E-state index contributed by atoms with van der Waals surface area (Å²) in [6.07, 6.45) is 0.876. The Hall–Kier alpha value is -2.37. The quantitative estimate of drug-likeness (QED) is 0.662. The van der Waals surface area contributed by atoms with Crippen LogP contribution in [0.25, 0.3) is 0 Å². The summed E-state index contributed by atoms with van der Waals surface area (Å²) in [5.41, 5.74) is 2.16. The van der Waals surface area contributed by atoms with E-state index in [2.05, 4.69) is 16.0 Å². The maximum Gasteiger partial charge on any atom is 0.251 e. The van der Waals surface area contributed by atoms with E-state index < -0.39 is 0 Å². The maximum absolute atomic E-state index is 12.0. The van der Waals surface area contributed by atoms with Crippen molar-refractivity contribution in [2.24, 2.45) is 0 Å². The largest absolute Gasteiger partial charge is 0.350 e. The summed E-state index contributed by atoms with van der Waals surface area (Å²) in [6.45, 7) is 4.66. The molecule has 0 bridgehead atoms. The molecule has 2 aromatic rings. The molecule has 0 aliphatic heterocycles. The van der Waals surface area contributed by atoms with E-state index in [4.69, 9.17) is 11.6 Å². The van der Waals surface area contributed by atoms with Gasteiger partial charge in [0.25, 0.3) is 5.91 Å². The first-order chi connectivity index (χ1) is 12.5. The molecule has 0 fully saturated rings. The second-order valence-electron chi connectivity index (χ2n) is 6.10. The zero-order valence-corrected chi connectivity index (χ0v) is 15.8. The Morgan fingerprint density at radius 3 is 2.42 bits per heavy atom. The Morgan fingerprint density at radius 2 is 1.77 bits per heavy atom. The lowest BCUT2D eigenvalue weighted by atomic mass is 10.1. The number of halogens is 1. The van der Waals surface area contributed by atoms with Gasteiger partial charge in [0.2, 0.25) is 5.91 Å². The molecule has 2 aromatic carbocycles. The molecule has 0 aliphatic rings. The van der Waals surface area contributed by atoms with E-state index in [1.54, 1.807) is 24.3 Å². The predicted octanol–water partition coefficient (Wildman–Crippen LogP) is 3.60. The smallest absolute Gasteiger partial charge is 0.251 e. The van der Waals surface area contributed by atoms with E-state index in [0.717, 1.165) is 12.0 Å². The van der Waals surface area contributed by atoms with Crippen LogP contribution < -0.4 is 16.0 Å². The molecule has 0 spiro atoms. The molecule has 5 nitrogen and oxygen atoms in total. The van der Waals surface area contributed by atoms with Crippen molar-refractivity contribution < 1.29 is 9.59 Å². The highest BCUT2D eigenvalue weighted by atomic mass is 35.5. The lowest BCUT2D eigenvalue weighted by molar-refractivity contribution is -0.115. The number of benzene rings is 2. The van der Waals surface area contributed by atoms with Gasteiger partial charge in [-0.15, -0.1) is 0 Å². The first-order valence-electron chi connectivity index (χ1n) is 8.64. The van der Waals surface area contributed by atoms with Gasteiger partial charge in [0.15, 0.2) is 0 Å². The number of anilines is 1. The Labute approximate surface area is 159 Å². The van der Waals surface area contributed by atoms with Gasteiger partial charge in [0.05, 0.1) is 6.54 Å². The van der Waals surface area contributed by atoms with Crippen LogP contribution in [0.3, 0.4) is 0 Å². The van der Waals surface area contributed by atoms with Crippen molar-refractivity contribution in [1.82, 2.24) is 10.6 Å². The summed E-state index contributed by atoms with van der Waals surface area (Å²) >= 11 is 6.08. The third kappa shape index (κ3) is 6.17. The molecule has 1 atom stereocenters. The standard InChI is InChI=1S/C20H24ClN3O2/c1-3-14(2)23-20(26)15-8-10-17(11-9-15)24-19(25)13-22-12-16-6-4-5-7-18(16)21/h4-11,14,22H,3,12-13H2,1-2H3,(H,23,26)(H,24,25). The van der Waals surface area contributed by atoms with E-state index in [1.165, 1.54) is 0 Å². The van der Waals surface area contributed by atoms with E-state index in [0.29, 0.717) is 22.8 Å². The number of rotatable bonds is 8. The first-order valence-corrected chi connectivity index (χ1v) is 9.02. The summed E-state index contributed by atoms with van der Waals surface area (Å²) in [7, 11) is 0. The van der Waals surface area contributed by atoms with E-state index >= 15 is 0 Å². The van der Waals surface area contributed by atoms with Gasteiger partial charge in [0.1, 0.15) is 0 Å². The predicted molar refractivity (Wildman–Crippen MR) is 105 cm³/mol. The second kappa shape index (κ2) is 9.94. The first kappa shape index (κ1) is 19.9. The van der Waals surface area contributed by atoms with Gasteiger partial charge in [-0.3, -0.25) is 9.59 Å². The summed E-state index contributed by atoms with van der Waals surface area (Å²) in [4.78, 5) is 24.0. The Balaban J connectivity index is 1.80. The van der Waals surface area contributed by atoms with Crippen LogP contribution in [0.1, 0.15) is 36.2 Å². The van der Waals surface area contributed by atoms with Crippen LogP contribution >= 0.6 is 11.6 Å². The van der Waals surface area contributed by atoms with Crippen molar-refractivity contribution in [1.29, 1.82) is 0 Å². The molecular formula is C20H24ClN3O2. The highest BCUT2D eigenvalue weighted by Crippen LogP contribution is 2.14. The number of hydrogen-bond acceptors (Lipinski definition) is 3. The van der Waals surface area contributed by atoms with Crippen LogP contribution in [0.4, 0.5) is 5.69 Å². The molecule has 0 saturated heterocycles. The van der Waals surface area contributed by atoms with Crippen LogP contribution in [0.2, 0.25) is 5.02 Å². The third-order valence-electron chi connectivity index (χ3n) is 3.98. The van der Waals surface area contributed by atoms with E-state index in [9.17, 15) is 9.59 Å². The number of amides is 2. The molecular weight excluding hydrogens is 350 g/mol. The zero-order valence-electron chi connectivity index (χ0n) is 15.0. The average Bonchev–Trinajstić information content (AvgIpc) is 2.63. The molecule has 6 heteroatoms. The third-order valence-corrected chi connectivity index (χ3v) is 4.35. The van der Waals surface area contributed by atoms with Crippen molar-refractivity contribution in [3.05, 3.63) is 64.7 Å². The Bertz CT molecular complexity index is 747. The zero-order chi connectivity index (χ0) is 18.9. The minimum absolute atomic E-state index is 0.112. The lowest BCUT2D eigenvalue weighted by Gasteiger charge is -2.12. The minimum Gasteiger partial charge on any atom is -0.350 e. The minimum atomic E-state index is -0.158. The fourth-order valence-corrected chi connectivity index (χ4v) is 2.47. The van der Waals surface area contributed by atoms with Gasteiger partial charge in [-0.05, 0) is 49.2 Å². The number of hydrogen-bond donors (Lipinski definition) is 3. The topological polar surface area (TPSA) is 70.2 Å². The average molecular weight is 374 g/mol. The van der Waals surface area contributed by atoms with Crippen molar-refractivity contribution in [3.8, 4) is 0 Å². The SMILES string of the molecule is CCC(C)NC(=O)c1ccc(NC(=O)CNCc2ccccc2Cl)cc1. The van der Waals surface area contributed by atoms with Gasteiger partial charge in [-0.1, -0.05) is 36.7 Å². The normalized spacial score (nSPS) is 11.7. The highest BCUT2D eigenvalue weighted by Gasteiger charge is 2.09. The van der Waals surface area contributed by atoms with Crippen LogP contribution in [0.5, 0.6) is 0 Å². The van der Waals surface area contributed by atoms with Crippen molar-refractivity contribution in [3.63, 3.8) is 0 Å². The molecule has 138 valence electrons. The van der Waals surface area contributed by atoms with Crippen LogP contribution in [-0.4, -0.2) is 24.4 Å². The highest BCUT2D eigenvalue weighted by molar-refractivity contribution is 6.31. The van der Waals surface area contributed by atoms with Gasteiger partial charge in [0, 0.05) is 28.9 Å². The molecule has 0 aliphatic carbocycles. The molecule has 26 heavy (non-hydrogen) atoms. The fraction of sp³-hybridized carbons (Fsp3) is 0.300. The summed E-state index contributed by atoms with van der Waals surface area (Å²) in [5.74, 6) is -0.271. The molecule has 0 saturated carbocycles. The Kier molecular flexibility index (Phi) is 7.63. The molecule has 0 radical (unpaired) electrons. The van der Waals surface area contributed by atoms with Gasteiger partial charge in [-0.2, -0.15) is 0 Å². The van der Waals surface area contributed by atoms with Crippen molar-refractivity contribution in [2.45, 2.75) is 32.9 Å². The van der Waals surface area contributed by atoms with Gasteiger partial charge < -0.3 is 16.0 Å². The molecule has 1 unspecified atom stereocenters. The van der Waals surface area contributed by atoms with Crippen LogP contribution in [-0.2, 0) is 11.3 Å². The van der Waals surface area contributed by atoms with Crippen LogP contribution in [0.15, 0.2) is 48.5 Å². The fourth-order valence-electron chi connectivity index (χ4n) is 2.27. The molecule has 2 amide bonds. The monoisotopic (exact) mass is 373 g/mol. The van der Waals surface area contributed by atoms with Gasteiger partial charge in [-0.25, -0.2) is 0 Å². The molecule has 3 N–H and O–H groups in total. The summed E-state index contributed by atoms with van der Waals surface area (Å²) in [6, 6.07) is 14.5. The molecule has 0 heterocycles. The molecule has 0 aromatic heterocycles. The molecule has 2 rings (SSSR count). The van der Waals surface area contributed by atoms with E-state index in [1.807, 2.05) is 38.1 Å². The summed E-state index contributed by atoms with van der Waals surface area (Å²) in [5, 5.41) is 9.43. The summed E-state index contributed by atoms with van der Waals surface area (Å²) < 4.78 is 0. The maximum atomic E-state index is 12.0. The number of carbonyl (C=O) groups is 2. The lowest BCUT2D eigenvalue weighted by Crippen LogP contribution is -2.31. The van der Waals surface area contributed by atoms with Crippen molar-refractivity contribution in [2.75, 3.05) is 11.9 Å².